The van der Waals surface area contributed by atoms with Crippen LogP contribution in [0.5, 0.6) is 0 Å². The van der Waals surface area contributed by atoms with E-state index in [2.05, 4.69) is 38.0 Å². The van der Waals surface area contributed by atoms with Crippen molar-refractivity contribution in [3.8, 4) is 0 Å². The summed E-state index contributed by atoms with van der Waals surface area (Å²) >= 11 is 0. The number of nitrogens with zero attached hydrogens (tertiary/aromatic N) is 1. The summed E-state index contributed by atoms with van der Waals surface area (Å²) in [6, 6.07) is 1.53. The molecule has 1 fully saturated rings. The van der Waals surface area contributed by atoms with Crippen LogP contribution in [0.3, 0.4) is 0 Å². The van der Waals surface area contributed by atoms with E-state index in [1.165, 1.54) is 38.6 Å². The quantitative estimate of drug-likeness (QED) is 0.718. The fraction of sp³-hybridized carbons (Fsp3) is 1.00. The Morgan fingerprint density at radius 1 is 1.19 bits per heavy atom. The summed E-state index contributed by atoms with van der Waals surface area (Å²) in [6.07, 6.45) is 6.95. The van der Waals surface area contributed by atoms with E-state index in [1.807, 2.05) is 0 Å². The topological polar surface area (TPSA) is 15.3 Å². The maximum atomic E-state index is 3.68. The SMILES string of the molecule is CC(C)CC(C)N(C)CCNC1CCCC1. The summed E-state index contributed by atoms with van der Waals surface area (Å²) in [5, 5.41) is 3.68. The molecule has 1 atom stereocenters. The fourth-order valence-electron chi connectivity index (χ4n) is 2.66. The Morgan fingerprint density at radius 3 is 2.38 bits per heavy atom. The van der Waals surface area contributed by atoms with Crippen molar-refractivity contribution in [3.05, 3.63) is 0 Å². The maximum Gasteiger partial charge on any atom is 0.0107 e. The van der Waals surface area contributed by atoms with E-state index in [0.29, 0.717) is 6.04 Å². The van der Waals surface area contributed by atoms with Crippen molar-refractivity contribution in [2.45, 2.75) is 65.0 Å². The van der Waals surface area contributed by atoms with Gasteiger partial charge in [-0.25, -0.2) is 0 Å². The Labute approximate surface area is 102 Å². The average Bonchev–Trinajstić information content (AvgIpc) is 2.69. The standard InChI is InChI=1S/C14H30N2/c1-12(2)11-13(3)16(4)10-9-15-14-7-5-6-8-14/h12-15H,5-11H2,1-4H3. The molecule has 1 saturated carbocycles. The maximum absolute atomic E-state index is 3.68. The summed E-state index contributed by atoms with van der Waals surface area (Å²) in [5.41, 5.74) is 0. The highest BCUT2D eigenvalue weighted by Crippen LogP contribution is 2.17. The average molecular weight is 226 g/mol. The second-order valence-electron chi connectivity index (χ2n) is 5.89. The lowest BCUT2D eigenvalue weighted by atomic mass is 10.0. The molecule has 0 aliphatic heterocycles. The Bertz CT molecular complexity index is 174. The van der Waals surface area contributed by atoms with Gasteiger partial charge in [0, 0.05) is 25.2 Å². The minimum Gasteiger partial charge on any atom is -0.313 e. The molecule has 1 aliphatic carbocycles. The van der Waals surface area contributed by atoms with Gasteiger partial charge >= 0.3 is 0 Å². The lowest BCUT2D eigenvalue weighted by molar-refractivity contribution is 0.226. The van der Waals surface area contributed by atoms with Gasteiger partial charge in [0.05, 0.1) is 0 Å². The first kappa shape index (κ1) is 14.0. The smallest absolute Gasteiger partial charge is 0.0107 e. The third kappa shape index (κ3) is 5.31. The highest BCUT2D eigenvalue weighted by molar-refractivity contribution is 4.74. The molecule has 0 aromatic rings. The van der Waals surface area contributed by atoms with Gasteiger partial charge in [0.15, 0.2) is 0 Å². The molecule has 0 spiro atoms. The van der Waals surface area contributed by atoms with Gasteiger partial charge in [-0.15, -0.1) is 0 Å². The van der Waals surface area contributed by atoms with Crippen molar-refractivity contribution < 1.29 is 0 Å². The van der Waals surface area contributed by atoms with Crippen molar-refractivity contribution in [2.24, 2.45) is 5.92 Å². The van der Waals surface area contributed by atoms with Crippen LogP contribution in [0, 0.1) is 5.92 Å². The first-order chi connectivity index (χ1) is 7.59. The lowest BCUT2D eigenvalue weighted by Crippen LogP contribution is -2.38. The summed E-state index contributed by atoms with van der Waals surface area (Å²) in [6.45, 7) is 9.30. The van der Waals surface area contributed by atoms with Crippen LogP contribution in [0.1, 0.15) is 52.9 Å². The number of hydrogen-bond acceptors (Lipinski definition) is 2. The summed E-state index contributed by atoms with van der Waals surface area (Å²) in [5.74, 6) is 0.806. The monoisotopic (exact) mass is 226 g/mol. The first-order valence-corrected chi connectivity index (χ1v) is 7.03. The molecule has 2 nitrogen and oxygen atoms in total. The van der Waals surface area contributed by atoms with E-state index in [-0.39, 0.29) is 0 Å². The molecule has 1 unspecified atom stereocenters. The van der Waals surface area contributed by atoms with Crippen LogP contribution in [0.25, 0.3) is 0 Å². The van der Waals surface area contributed by atoms with Crippen LogP contribution in [-0.2, 0) is 0 Å². The van der Waals surface area contributed by atoms with Crippen molar-refractivity contribution in [1.29, 1.82) is 0 Å². The normalized spacial score (nSPS) is 19.9. The van der Waals surface area contributed by atoms with Crippen LogP contribution in [-0.4, -0.2) is 37.1 Å². The predicted octanol–water partition coefficient (Wildman–Crippen LogP) is 2.89. The second kappa shape index (κ2) is 7.29. The van der Waals surface area contributed by atoms with Crippen molar-refractivity contribution in [3.63, 3.8) is 0 Å². The molecule has 1 N–H and O–H groups in total. The Balaban J connectivity index is 2.06. The predicted molar refractivity (Wildman–Crippen MR) is 71.8 cm³/mol. The largest absolute Gasteiger partial charge is 0.313 e. The van der Waals surface area contributed by atoms with Crippen LogP contribution in [0.15, 0.2) is 0 Å². The van der Waals surface area contributed by atoms with Gasteiger partial charge in [-0.2, -0.15) is 0 Å². The van der Waals surface area contributed by atoms with E-state index in [4.69, 9.17) is 0 Å². The molecule has 0 aromatic carbocycles. The molecule has 0 saturated heterocycles. The molecule has 16 heavy (non-hydrogen) atoms. The number of likely N-dealkylation sites (N-methyl/N-ethyl adjacent to an activating group) is 1. The molecule has 1 aliphatic rings. The summed E-state index contributed by atoms with van der Waals surface area (Å²) in [7, 11) is 2.25. The first-order valence-electron chi connectivity index (χ1n) is 7.03. The molecule has 0 amide bonds. The molecule has 0 bridgehead atoms. The van der Waals surface area contributed by atoms with Gasteiger partial charge in [0.25, 0.3) is 0 Å². The van der Waals surface area contributed by atoms with E-state index < -0.39 is 0 Å². The van der Waals surface area contributed by atoms with Gasteiger partial charge in [-0.05, 0) is 39.2 Å². The highest BCUT2D eigenvalue weighted by Gasteiger charge is 2.15. The van der Waals surface area contributed by atoms with Crippen LogP contribution >= 0.6 is 0 Å². The summed E-state index contributed by atoms with van der Waals surface area (Å²) < 4.78 is 0. The van der Waals surface area contributed by atoms with Crippen LogP contribution < -0.4 is 5.32 Å². The molecule has 0 heterocycles. The van der Waals surface area contributed by atoms with Gasteiger partial charge in [0.2, 0.25) is 0 Å². The third-order valence-corrected chi connectivity index (χ3v) is 3.82. The van der Waals surface area contributed by atoms with E-state index in [9.17, 15) is 0 Å². The zero-order chi connectivity index (χ0) is 12.0. The van der Waals surface area contributed by atoms with E-state index >= 15 is 0 Å². The molecule has 0 radical (unpaired) electrons. The minimum atomic E-state index is 0.713. The molecule has 1 rings (SSSR count). The van der Waals surface area contributed by atoms with Gasteiger partial charge in [0.1, 0.15) is 0 Å². The number of rotatable bonds is 7. The fourth-order valence-corrected chi connectivity index (χ4v) is 2.66. The van der Waals surface area contributed by atoms with Crippen LogP contribution in [0.4, 0.5) is 0 Å². The van der Waals surface area contributed by atoms with Crippen LogP contribution in [0.2, 0.25) is 0 Å². The Morgan fingerprint density at radius 2 is 1.81 bits per heavy atom. The lowest BCUT2D eigenvalue weighted by Gasteiger charge is -2.26. The molecular weight excluding hydrogens is 196 g/mol. The van der Waals surface area contributed by atoms with Gasteiger partial charge in [-0.1, -0.05) is 26.7 Å². The van der Waals surface area contributed by atoms with E-state index in [0.717, 1.165) is 18.5 Å². The molecule has 0 aromatic heterocycles. The molecular formula is C14H30N2. The van der Waals surface area contributed by atoms with Crippen molar-refractivity contribution >= 4 is 0 Å². The zero-order valence-corrected chi connectivity index (χ0v) is 11.6. The Hall–Kier alpha value is -0.0800. The highest BCUT2D eigenvalue weighted by atomic mass is 15.1. The molecule has 96 valence electrons. The number of nitrogens with one attached hydrogen (secondary N) is 1. The zero-order valence-electron chi connectivity index (χ0n) is 11.6. The van der Waals surface area contributed by atoms with E-state index in [1.54, 1.807) is 0 Å². The number of hydrogen-bond donors (Lipinski definition) is 1. The van der Waals surface area contributed by atoms with Gasteiger partial charge < -0.3 is 10.2 Å². The van der Waals surface area contributed by atoms with Crippen molar-refractivity contribution in [1.82, 2.24) is 10.2 Å². The third-order valence-electron chi connectivity index (χ3n) is 3.82. The molecule has 2 heteroatoms. The van der Waals surface area contributed by atoms with Gasteiger partial charge in [-0.3, -0.25) is 0 Å². The van der Waals surface area contributed by atoms with Crippen molar-refractivity contribution in [2.75, 3.05) is 20.1 Å². The minimum absolute atomic E-state index is 0.713. The summed E-state index contributed by atoms with van der Waals surface area (Å²) in [4.78, 5) is 2.49. The second-order valence-corrected chi connectivity index (χ2v) is 5.89. The Kier molecular flexibility index (Phi) is 6.37.